The summed E-state index contributed by atoms with van der Waals surface area (Å²) in [6.07, 6.45) is 0.823. The number of aryl methyl sites for hydroxylation is 1. The van der Waals surface area contributed by atoms with Gasteiger partial charge in [-0.2, -0.15) is 0 Å². The average Bonchev–Trinajstić information content (AvgIpc) is 2.74. The SMILES string of the molecule is CCc1cc(Cl)cc(-c2cc(N)on2)c1OC. The summed E-state index contributed by atoms with van der Waals surface area (Å²) in [5, 5.41) is 4.51. The molecule has 0 saturated carbocycles. The maximum atomic E-state index is 6.07. The molecule has 0 aliphatic carbocycles. The third-order valence-electron chi connectivity index (χ3n) is 2.52. The number of ether oxygens (including phenoxy) is 1. The van der Waals surface area contributed by atoms with E-state index in [9.17, 15) is 0 Å². The van der Waals surface area contributed by atoms with Crippen LogP contribution < -0.4 is 10.5 Å². The third kappa shape index (κ3) is 2.22. The van der Waals surface area contributed by atoms with Gasteiger partial charge in [0.25, 0.3) is 0 Å². The highest BCUT2D eigenvalue weighted by molar-refractivity contribution is 6.31. The van der Waals surface area contributed by atoms with Crippen LogP contribution >= 0.6 is 11.6 Å². The van der Waals surface area contributed by atoms with Gasteiger partial charge in [0.15, 0.2) is 0 Å². The molecule has 0 unspecified atom stereocenters. The predicted molar refractivity (Wildman–Crippen MR) is 67.3 cm³/mol. The molecule has 1 aromatic heterocycles. The lowest BCUT2D eigenvalue weighted by atomic mass is 10.0. The third-order valence-corrected chi connectivity index (χ3v) is 2.74. The lowest BCUT2D eigenvalue weighted by molar-refractivity contribution is 0.409. The number of nitrogens with zero attached hydrogens (tertiary/aromatic N) is 1. The van der Waals surface area contributed by atoms with Crippen LogP contribution in [0.25, 0.3) is 11.3 Å². The Balaban J connectivity index is 2.63. The molecular weight excluding hydrogens is 240 g/mol. The molecule has 5 heteroatoms. The first-order chi connectivity index (χ1) is 8.15. The van der Waals surface area contributed by atoms with Crippen LogP contribution in [0.5, 0.6) is 5.75 Å². The van der Waals surface area contributed by atoms with Gasteiger partial charge in [-0.25, -0.2) is 0 Å². The van der Waals surface area contributed by atoms with E-state index in [4.69, 9.17) is 26.6 Å². The van der Waals surface area contributed by atoms with Gasteiger partial charge in [0.2, 0.25) is 5.88 Å². The molecule has 4 nitrogen and oxygen atoms in total. The quantitative estimate of drug-likeness (QED) is 0.912. The Morgan fingerprint density at radius 1 is 1.41 bits per heavy atom. The van der Waals surface area contributed by atoms with E-state index in [1.165, 1.54) is 0 Å². The number of nitrogen functional groups attached to an aromatic ring is 1. The maximum absolute atomic E-state index is 6.07. The van der Waals surface area contributed by atoms with Crippen LogP contribution in [-0.4, -0.2) is 12.3 Å². The number of hydrogen-bond acceptors (Lipinski definition) is 4. The summed E-state index contributed by atoms with van der Waals surface area (Å²) < 4.78 is 10.3. The van der Waals surface area contributed by atoms with E-state index < -0.39 is 0 Å². The number of methoxy groups -OCH3 is 1. The second kappa shape index (κ2) is 4.67. The van der Waals surface area contributed by atoms with Gasteiger partial charge in [0, 0.05) is 16.7 Å². The largest absolute Gasteiger partial charge is 0.496 e. The molecule has 17 heavy (non-hydrogen) atoms. The molecule has 0 radical (unpaired) electrons. The number of nitrogens with two attached hydrogens (primary N) is 1. The van der Waals surface area contributed by atoms with Gasteiger partial charge in [-0.05, 0) is 24.1 Å². The smallest absolute Gasteiger partial charge is 0.222 e. The first-order valence-electron chi connectivity index (χ1n) is 5.24. The van der Waals surface area contributed by atoms with Crippen LogP contribution in [0.15, 0.2) is 22.7 Å². The number of benzene rings is 1. The summed E-state index contributed by atoms with van der Waals surface area (Å²) in [6, 6.07) is 5.32. The normalized spacial score (nSPS) is 10.5. The van der Waals surface area contributed by atoms with E-state index in [1.54, 1.807) is 19.2 Å². The van der Waals surface area contributed by atoms with Gasteiger partial charge in [-0.3, -0.25) is 0 Å². The van der Waals surface area contributed by atoms with E-state index in [2.05, 4.69) is 5.16 Å². The molecule has 0 amide bonds. The van der Waals surface area contributed by atoms with Crippen LogP contribution in [0, 0.1) is 0 Å². The van der Waals surface area contributed by atoms with Crippen LogP contribution in [0.3, 0.4) is 0 Å². The van der Waals surface area contributed by atoms with Crippen molar-refractivity contribution in [1.29, 1.82) is 0 Å². The highest BCUT2D eigenvalue weighted by atomic mass is 35.5. The summed E-state index contributed by atoms with van der Waals surface area (Å²) in [5.74, 6) is 1.02. The van der Waals surface area contributed by atoms with E-state index in [0.717, 1.165) is 23.3 Å². The minimum Gasteiger partial charge on any atom is -0.496 e. The first kappa shape index (κ1) is 11.8. The van der Waals surface area contributed by atoms with Gasteiger partial charge in [-0.1, -0.05) is 23.7 Å². The van der Waals surface area contributed by atoms with Crippen LogP contribution in [0.2, 0.25) is 5.02 Å². The molecule has 2 aromatic rings. The van der Waals surface area contributed by atoms with E-state index in [1.807, 2.05) is 13.0 Å². The maximum Gasteiger partial charge on any atom is 0.222 e. The van der Waals surface area contributed by atoms with Crippen molar-refractivity contribution in [3.8, 4) is 17.0 Å². The molecule has 2 N–H and O–H groups in total. The van der Waals surface area contributed by atoms with E-state index >= 15 is 0 Å². The molecular formula is C12H13ClN2O2. The zero-order chi connectivity index (χ0) is 12.4. The van der Waals surface area contributed by atoms with E-state index in [0.29, 0.717) is 10.7 Å². The fraction of sp³-hybridized carbons (Fsp3) is 0.250. The van der Waals surface area contributed by atoms with Crippen molar-refractivity contribution in [3.05, 3.63) is 28.8 Å². The molecule has 90 valence electrons. The first-order valence-corrected chi connectivity index (χ1v) is 5.62. The molecule has 0 aliphatic rings. The highest BCUT2D eigenvalue weighted by Crippen LogP contribution is 2.36. The van der Waals surface area contributed by atoms with E-state index in [-0.39, 0.29) is 5.88 Å². The highest BCUT2D eigenvalue weighted by Gasteiger charge is 2.15. The van der Waals surface area contributed by atoms with Crippen LogP contribution in [-0.2, 0) is 6.42 Å². The minimum atomic E-state index is 0.264. The summed E-state index contributed by atoms with van der Waals surface area (Å²) >= 11 is 6.07. The molecule has 0 atom stereocenters. The van der Waals surface area contributed by atoms with Crippen LogP contribution in [0.1, 0.15) is 12.5 Å². The summed E-state index contributed by atoms with van der Waals surface area (Å²) in [7, 11) is 1.62. The molecule has 1 aromatic carbocycles. The number of hydrogen-bond donors (Lipinski definition) is 1. The Morgan fingerprint density at radius 3 is 2.71 bits per heavy atom. The summed E-state index contributed by atoms with van der Waals surface area (Å²) in [6.45, 7) is 2.04. The number of rotatable bonds is 3. The lowest BCUT2D eigenvalue weighted by Gasteiger charge is -2.11. The fourth-order valence-corrected chi connectivity index (χ4v) is 2.00. The fourth-order valence-electron chi connectivity index (χ4n) is 1.76. The monoisotopic (exact) mass is 252 g/mol. The number of aromatic nitrogens is 1. The second-order valence-electron chi connectivity index (χ2n) is 3.61. The Labute approximate surface area is 104 Å². The van der Waals surface area contributed by atoms with Crippen molar-refractivity contribution < 1.29 is 9.26 Å². The second-order valence-corrected chi connectivity index (χ2v) is 4.05. The zero-order valence-electron chi connectivity index (χ0n) is 9.66. The predicted octanol–water partition coefficient (Wildman–Crippen LogP) is 3.15. The van der Waals surface area contributed by atoms with Crippen molar-refractivity contribution >= 4 is 17.5 Å². The molecule has 0 fully saturated rings. The zero-order valence-corrected chi connectivity index (χ0v) is 10.4. The van der Waals surface area contributed by atoms with Crippen molar-refractivity contribution in [2.45, 2.75) is 13.3 Å². The number of anilines is 1. The Hall–Kier alpha value is -1.68. The van der Waals surface area contributed by atoms with Crippen molar-refractivity contribution in [1.82, 2.24) is 5.16 Å². The Morgan fingerprint density at radius 2 is 2.18 bits per heavy atom. The average molecular weight is 253 g/mol. The molecule has 2 rings (SSSR count). The van der Waals surface area contributed by atoms with Gasteiger partial charge in [0.1, 0.15) is 11.4 Å². The molecule has 0 spiro atoms. The van der Waals surface area contributed by atoms with Crippen molar-refractivity contribution in [2.24, 2.45) is 0 Å². The van der Waals surface area contributed by atoms with Gasteiger partial charge >= 0.3 is 0 Å². The minimum absolute atomic E-state index is 0.264. The van der Waals surface area contributed by atoms with Crippen molar-refractivity contribution in [3.63, 3.8) is 0 Å². The topological polar surface area (TPSA) is 61.3 Å². The summed E-state index contributed by atoms with van der Waals surface area (Å²) in [4.78, 5) is 0. The number of halogens is 1. The molecule has 0 saturated heterocycles. The van der Waals surface area contributed by atoms with Gasteiger partial charge < -0.3 is 15.0 Å². The molecule has 1 heterocycles. The van der Waals surface area contributed by atoms with Gasteiger partial charge in [-0.15, -0.1) is 0 Å². The molecule has 0 bridgehead atoms. The lowest BCUT2D eigenvalue weighted by Crippen LogP contribution is -1.94. The summed E-state index contributed by atoms with van der Waals surface area (Å²) in [5.41, 5.74) is 7.95. The Bertz CT molecular complexity index is 537. The van der Waals surface area contributed by atoms with Crippen LogP contribution in [0.4, 0.5) is 5.88 Å². The molecule has 0 aliphatic heterocycles. The van der Waals surface area contributed by atoms with Crippen molar-refractivity contribution in [2.75, 3.05) is 12.8 Å². The standard InChI is InChI=1S/C12H13ClN2O2/c1-3-7-4-8(13)5-9(12(7)16-2)10-6-11(14)17-15-10/h4-6H,3,14H2,1-2H3. The Kier molecular flexibility index (Phi) is 3.24. The van der Waals surface area contributed by atoms with Gasteiger partial charge in [0.05, 0.1) is 7.11 Å².